The van der Waals surface area contributed by atoms with Crippen molar-refractivity contribution >= 4 is 11.9 Å². The first-order valence-electron chi connectivity index (χ1n) is 8.53. The second-order valence-corrected chi connectivity index (χ2v) is 6.63. The van der Waals surface area contributed by atoms with Crippen LogP contribution in [0.15, 0.2) is 24.3 Å². The van der Waals surface area contributed by atoms with Crippen LogP contribution in [0.4, 0.5) is 9.18 Å². The summed E-state index contributed by atoms with van der Waals surface area (Å²) in [7, 11) is 0. The average molecular weight is 335 g/mol. The van der Waals surface area contributed by atoms with Crippen molar-refractivity contribution in [1.82, 2.24) is 10.2 Å². The summed E-state index contributed by atoms with van der Waals surface area (Å²) in [5.41, 5.74) is 6.03. The number of nitrogens with one attached hydrogen (secondary N) is 1. The van der Waals surface area contributed by atoms with Crippen LogP contribution in [0.5, 0.6) is 0 Å². The van der Waals surface area contributed by atoms with Crippen LogP contribution in [0.1, 0.15) is 38.2 Å². The summed E-state index contributed by atoms with van der Waals surface area (Å²) in [4.78, 5) is 25.4. The fourth-order valence-electron chi connectivity index (χ4n) is 3.31. The third-order valence-corrected chi connectivity index (χ3v) is 4.46. The summed E-state index contributed by atoms with van der Waals surface area (Å²) < 4.78 is 13.3. The Bertz CT molecular complexity index is 579. The molecule has 1 fully saturated rings. The van der Waals surface area contributed by atoms with Gasteiger partial charge in [0.2, 0.25) is 5.91 Å². The van der Waals surface area contributed by atoms with Gasteiger partial charge in [-0.2, -0.15) is 0 Å². The number of benzene rings is 1. The third kappa shape index (κ3) is 5.51. The Kier molecular flexibility index (Phi) is 6.58. The molecule has 6 heteroatoms. The van der Waals surface area contributed by atoms with Crippen LogP contribution in [0.2, 0.25) is 0 Å². The van der Waals surface area contributed by atoms with E-state index in [0.29, 0.717) is 19.4 Å². The van der Waals surface area contributed by atoms with Crippen LogP contribution in [-0.2, 0) is 11.2 Å². The van der Waals surface area contributed by atoms with Crippen molar-refractivity contribution in [2.45, 2.75) is 45.1 Å². The Labute approximate surface area is 142 Å². The maximum absolute atomic E-state index is 13.3. The molecule has 0 bridgehead atoms. The lowest BCUT2D eigenvalue weighted by Crippen LogP contribution is -2.50. The van der Waals surface area contributed by atoms with Crippen molar-refractivity contribution in [3.63, 3.8) is 0 Å². The largest absolute Gasteiger partial charge is 0.352 e. The number of amides is 3. The summed E-state index contributed by atoms with van der Waals surface area (Å²) in [6, 6.07) is 5.96. The van der Waals surface area contributed by atoms with Crippen molar-refractivity contribution in [2.24, 2.45) is 11.7 Å². The minimum Gasteiger partial charge on any atom is -0.352 e. The van der Waals surface area contributed by atoms with Gasteiger partial charge in [0.05, 0.1) is 0 Å². The number of hydrogen-bond donors (Lipinski definition) is 2. The second-order valence-electron chi connectivity index (χ2n) is 6.63. The quantitative estimate of drug-likeness (QED) is 0.838. The van der Waals surface area contributed by atoms with Crippen LogP contribution < -0.4 is 11.1 Å². The van der Waals surface area contributed by atoms with Gasteiger partial charge in [-0.05, 0) is 49.3 Å². The zero-order chi connectivity index (χ0) is 17.5. The van der Waals surface area contributed by atoms with Crippen LogP contribution in [0.25, 0.3) is 0 Å². The normalized spacial score (nSPS) is 18.9. The van der Waals surface area contributed by atoms with Gasteiger partial charge in [0.15, 0.2) is 0 Å². The molecule has 0 radical (unpaired) electrons. The summed E-state index contributed by atoms with van der Waals surface area (Å²) >= 11 is 0. The van der Waals surface area contributed by atoms with Crippen molar-refractivity contribution in [1.29, 1.82) is 0 Å². The maximum atomic E-state index is 13.3. The lowest BCUT2D eigenvalue weighted by molar-refractivity contribution is -0.135. The van der Waals surface area contributed by atoms with E-state index in [1.807, 2.05) is 17.9 Å². The standard InChI is InChI=1S/C18H26FN3O2/c1-13(9-14-5-4-6-15(19)11-14)10-17(23)22-8-3-2-7-16(22)12-21-18(20)24/h4-6,11,13,16H,2-3,7-10,12H2,1H3,(H3,20,21,24). The predicted molar refractivity (Wildman–Crippen MR) is 90.8 cm³/mol. The number of carbonyl (C=O) groups excluding carboxylic acids is 2. The van der Waals surface area contributed by atoms with Gasteiger partial charge in [0.1, 0.15) is 5.82 Å². The van der Waals surface area contributed by atoms with Gasteiger partial charge in [-0.25, -0.2) is 9.18 Å². The molecule has 0 aliphatic carbocycles. The Hall–Kier alpha value is -2.11. The molecule has 0 spiro atoms. The van der Waals surface area contributed by atoms with Crippen LogP contribution in [-0.4, -0.2) is 36.0 Å². The van der Waals surface area contributed by atoms with Gasteiger partial charge in [-0.15, -0.1) is 0 Å². The Morgan fingerprint density at radius 3 is 2.92 bits per heavy atom. The molecule has 1 saturated heterocycles. The lowest BCUT2D eigenvalue weighted by Gasteiger charge is -2.36. The molecule has 2 atom stereocenters. The van der Waals surface area contributed by atoms with Gasteiger partial charge in [-0.1, -0.05) is 19.1 Å². The number of likely N-dealkylation sites (tertiary alicyclic amines) is 1. The fraction of sp³-hybridized carbons (Fsp3) is 0.556. The fourth-order valence-corrected chi connectivity index (χ4v) is 3.31. The first-order chi connectivity index (χ1) is 11.5. The highest BCUT2D eigenvalue weighted by molar-refractivity contribution is 5.77. The van der Waals surface area contributed by atoms with E-state index in [2.05, 4.69) is 5.32 Å². The van der Waals surface area contributed by atoms with Crippen molar-refractivity contribution in [3.05, 3.63) is 35.6 Å². The van der Waals surface area contributed by atoms with Crippen LogP contribution in [0.3, 0.4) is 0 Å². The number of primary amides is 1. The molecule has 1 aromatic rings. The minimum absolute atomic E-state index is 0.0140. The minimum atomic E-state index is -0.563. The molecule has 24 heavy (non-hydrogen) atoms. The summed E-state index contributed by atoms with van der Waals surface area (Å²) in [5, 5.41) is 2.60. The van der Waals surface area contributed by atoms with E-state index in [1.165, 1.54) is 12.1 Å². The van der Waals surface area contributed by atoms with Crippen molar-refractivity contribution < 1.29 is 14.0 Å². The second kappa shape index (κ2) is 8.66. The summed E-state index contributed by atoms with van der Waals surface area (Å²) in [6.07, 6.45) is 4.00. The van der Waals surface area contributed by atoms with E-state index in [9.17, 15) is 14.0 Å². The van der Waals surface area contributed by atoms with E-state index in [0.717, 1.165) is 31.4 Å². The van der Waals surface area contributed by atoms with Crippen LogP contribution >= 0.6 is 0 Å². The molecule has 132 valence electrons. The van der Waals surface area contributed by atoms with E-state index >= 15 is 0 Å². The number of carbonyl (C=O) groups is 2. The molecule has 2 rings (SSSR count). The third-order valence-electron chi connectivity index (χ3n) is 4.46. The molecule has 1 aromatic carbocycles. The first kappa shape index (κ1) is 18.2. The zero-order valence-electron chi connectivity index (χ0n) is 14.1. The summed E-state index contributed by atoms with van der Waals surface area (Å²) in [6.45, 7) is 3.12. The molecular weight excluding hydrogens is 309 g/mol. The van der Waals surface area contributed by atoms with Crippen LogP contribution in [0, 0.1) is 11.7 Å². The summed E-state index contributed by atoms with van der Waals surface area (Å²) in [5.74, 6) is -0.0273. The topological polar surface area (TPSA) is 75.4 Å². The van der Waals surface area contributed by atoms with Gasteiger partial charge in [-0.3, -0.25) is 4.79 Å². The highest BCUT2D eigenvalue weighted by Crippen LogP contribution is 2.20. The number of nitrogens with zero attached hydrogens (tertiary/aromatic N) is 1. The number of rotatable bonds is 6. The van der Waals surface area contributed by atoms with Gasteiger partial charge >= 0.3 is 6.03 Å². The predicted octanol–water partition coefficient (Wildman–Crippen LogP) is 2.44. The highest BCUT2D eigenvalue weighted by atomic mass is 19.1. The molecule has 1 heterocycles. The van der Waals surface area contributed by atoms with E-state index in [4.69, 9.17) is 5.73 Å². The van der Waals surface area contributed by atoms with E-state index in [1.54, 1.807) is 6.07 Å². The number of urea groups is 1. The van der Waals surface area contributed by atoms with Gasteiger partial charge in [0.25, 0.3) is 0 Å². The lowest BCUT2D eigenvalue weighted by atomic mass is 9.95. The molecule has 3 amide bonds. The van der Waals surface area contributed by atoms with Gasteiger partial charge in [0, 0.05) is 25.6 Å². The number of halogens is 1. The Morgan fingerprint density at radius 1 is 1.42 bits per heavy atom. The Balaban J connectivity index is 1.89. The van der Waals surface area contributed by atoms with Crippen molar-refractivity contribution in [2.75, 3.05) is 13.1 Å². The smallest absolute Gasteiger partial charge is 0.312 e. The van der Waals surface area contributed by atoms with E-state index < -0.39 is 6.03 Å². The zero-order valence-corrected chi connectivity index (χ0v) is 14.1. The average Bonchev–Trinajstić information content (AvgIpc) is 2.53. The first-order valence-corrected chi connectivity index (χ1v) is 8.53. The number of hydrogen-bond acceptors (Lipinski definition) is 2. The molecule has 0 aromatic heterocycles. The SMILES string of the molecule is CC(CC(=O)N1CCCCC1CNC(N)=O)Cc1cccc(F)c1. The van der Waals surface area contributed by atoms with Crippen molar-refractivity contribution in [3.8, 4) is 0 Å². The molecule has 3 N–H and O–H groups in total. The number of piperidine rings is 1. The van der Waals surface area contributed by atoms with E-state index in [-0.39, 0.29) is 23.7 Å². The molecule has 1 aliphatic rings. The van der Waals surface area contributed by atoms with Gasteiger partial charge < -0.3 is 16.0 Å². The monoisotopic (exact) mass is 335 g/mol. The molecule has 2 unspecified atom stereocenters. The molecule has 0 saturated carbocycles. The number of nitrogens with two attached hydrogens (primary N) is 1. The highest BCUT2D eigenvalue weighted by Gasteiger charge is 2.27. The maximum Gasteiger partial charge on any atom is 0.312 e. The molecule has 1 aliphatic heterocycles. The molecule has 5 nitrogen and oxygen atoms in total. The molecular formula is C18H26FN3O2. The Morgan fingerprint density at radius 2 is 2.21 bits per heavy atom.